The van der Waals surface area contributed by atoms with Crippen LogP contribution in [0.4, 0.5) is 13.2 Å². The molecule has 3 atom stereocenters. The second-order valence-electron chi connectivity index (χ2n) is 6.26. The predicted molar refractivity (Wildman–Crippen MR) is 82.6 cm³/mol. The van der Waals surface area contributed by atoms with Crippen molar-refractivity contribution in [3.63, 3.8) is 0 Å². The quantitative estimate of drug-likeness (QED) is 0.827. The molecule has 0 unspecified atom stereocenters. The maximum absolute atomic E-state index is 13.7. The smallest absolute Gasteiger partial charge is 0.362 e. The van der Waals surface area contributed by atoms with Crippen molar-refractivity contribution in [3.05, 3.63) is 34.9 Å². The highest BCUT2D eigenvalue weighted by atomic mass is 35.5. The van der Waals surface area contributed by atoms with Gasteiger partial charge in [-0.3, -0.25) is 4.79 Å². The molecule has 8 heteroatoms. The van der Waals surface area contributed by atoms with E-state index in [4.69, 9.17) is 11.6 Å². The van der Waals surface area contributed by atoms with Crippen LogP contribution in [0.25, 0.3) is 0 Å². The third-order valence-electron chi connectivity index (χ3n) is 4.70. The van der Waals surface area contributed by atoms with Gasteiger partial charge in [0.2, 0.25) is 0 Å². The number of carbonyl (C=O) groups excluding carboxylic acids is 1. The molecule has 3 rings (SSSR count). The third kappa shape index (κ3) is 2.50. The molecule has 130 valence electrons. The minimum absolute atomic E-state index is 0.0548. The van der Waals surface area contributed by atoms with Gasteiger partial charge in [0, 0.05) is 16.3 Å². The zero-order valence-corrected chi connectivity index (χ0v) is 13.6. The van der Waals surface area contributed by atoms with Crippen LogP contribution in [0.3, 0.4) is 0 Å². The van der Waals surface area contributed by atoms with Crippen molar-refractivity contribution in [3.8, 4) is 0 Å². The molecule has 0 bridgehead atoms. The normalized spacial score (nSPS) is 30.1. The fraction of sp³-hybridized carbons (Fsp3) is 0.500. The van der Waals surface area contributed by atoms with Crippen LogP contribution in [0.2, 0.25) is 5.02 Å². The second-order valence-corrected chi connectivity index (χ2v) is 6.70. The molecule has 1 N–H and O–H groups in total. The van der Waals surface area contributed by atoms with Crippen LogP contribution >= 0.6 is 11.6 Å². The summed E-state index contributed by atoms with van der Waals surface area (Å²) in [7, 11) is 0. The summed E-state index contributed by atoms with van der Waals surface area (Å²) in [6.07, 6.45) is -3.66. The third-order valence-corrected chi connectivity index (χ3v) is 4.93. The molecule has 4 nitrogen and oxygen atoms in total. The number of nitrogens with zero attached hydrogens (tertiary/aromatic N) is 2. The fourth-order valence-electron chi connectivity index (χ4n) is 3.44. The van der Waals surface area contributed by atoms with E-state index in [0.717, 1.165) is 0 Å². The van der Waals surface area contributed by atoms with Gasteiger partial charge < -0.3 is 5.11 Å². The summed E-state index contributed by atoms with van der Waals surface area (Å²) in [5, 5.41) is 14.8. The zero-order chi connectivity index (χ0) is 17.7. The van der Waals surface area contributed by atoms with E-state index in [0.29, 0.717) is 12.8 Å². The Morgan fingerprint density at radius 1 is 1.42 bits per heavy atom. The van der Waals surface area contributed by atoms with Crippen molar-refractivity contribution in [1.29, 1.82) is 0 Å². The number of hydrazone groups is 1. The maximum Gasteiger partial charge on any atom is 0.439 e. The van der Waals surface area contributed by atoms with E-state index in [2.05, 4.69) is 5.10 Å². The van der Waals surface area contributed by atoms with E-state index < -0.39 is 23.7 Å². The molecular weight excluding hydrogens is 345 g/mol. The van der Waals surface area contributed by atoms with E-state index in [1.54, 1.807) is 6.92 Å². The number of carbonyl (C=O) groups is 1. The van der Waals surface area contributed by atoms with Crippen LogP contribution < -0.4 is 0 Å². The average molecular weight is 361 g/mol. The monoisotopic (exact) mass is 360 g/mol. The first-order valence-corrected chi connectivity index (χ1v) is 8.01. The molecule has 0 radical (unpaired) electrons. The van der Waals surface area contributed by atoms with Gasteiger partial charge in [0.15, 0.2) is 0 Å². The second kappa shape index (κ2) is 5.74. The molecule has 0 spiro atoms. The molecule has 0 saturated heterocycles. The first-order valence-electron chi connectivity index (χ1n) is 7.64. The number of alkyl halides is 3. The highest BCUT2D eigenvalue weighted by Crippen LogP contribution is 2.49. The number of halogens is 4. The standard InChI is InChI=1S/C16H16ClF3N2O2/c1-9-4-2-7-12-13(9)21-22(15(12,24)16(18,19)20)14(23)10-5-3-6-11(17)8-10/h3,5-6,8-9,12,24H,2,4,7H2,1H3/t9-,12+,15+/m1/s1. The summed E-state index contributed by atoms with van der Waals surface area (Å²) in [6, 6.07) is 5.57. The van der Waals surface area contributed by atoms with Gasteiger partial charge in [0.1, 0.15) is 0 Å². The summed E-state index contributed by atoms with van der Waals surface area (Å²) in [5.74, 6) is -2.47. The topological polar surface area (TPSA) is 52.9 Å². The van der Waals surface area contributed by atoms with Crippen molar-refractivity contribution in [2.45, 2.75) is 38.1 Å². The Labute approximate surface area is 141 Å². The molecule has 1 heterocycles. The van der Waals surface area contributed by atoms with Crippen molar-refractivity contribution < 1.29 is 23.1 Å². The minimum atomic E-state index is -5.02. The van der Waals surface area contributed by atoms with E-state index >= 15 is 0 Å². The average Bonchev–Trinajstić information content (AvgIpc) is 2.82. The Hall–Kier alpha value is -1.60. The number of aliphatic hydroxyl groups is 1. The molecular formula is C16H16ClF3N2O2. The van der Waals surface area contributed by atoms with E-state index in [1.807, 2.05) is 0 Å². The molecule has 1 amide bonds. The Bertz CT molecular complexity index is 707. The van der Waals surface area contributed by atoms with Gasteiger partial charge in [-0.2, -0.15) is 23.3 Å². The summed E-state index contributed by atoms with van der Waals surface area (Å²) in [5.41, 5.74) is -3.14. The van der Waals surface area contributed by atoms with Gasteiger partial charge >= 0.3 is 6.18 Å². The summed E-state index contributed by atoms with van der Waals surface area (Å²) in [6.45, 7) is 1.76. The van der Waals surface area contributed by atoms with Crippen LogP contribution in [0.5, 0.6) is 0 Å². The molecule has 1 fully saturated rings. The molecule has 2 aliphatic rings. The van der Waals surface area contributed by atoms with E-state index in [-0.39, 0.29) is 33.6 Å². The molecule has 1 aliphatic carbocycles. The number of fused-ring (bicyclic) bond motifs is 1. The Morgan fingerprint density at radius 2 is 2.12 bits per heavy atom. The lowest BCUT2D eigenvalue weighted by molar-refractivity contribution is -0.312. The molecule has 1 aromatic carbocycles. The number of benzene rings is 1. The number of hydrogen-bond donors (Lipinski definition) is 1. The van der Waals surface area contributed by atoms with Crippen LogP contribution in [-0.4, -0.2) is 33.6 Å². The molecule has 0 aromatic heterocycles. The number of rotatable bonds is 1. The van der Waals surface area contributed by atoms with E-state index in [9.17, 15) is 23.1 Å². The lowest BCUT2D eigenvalue weighted by atomic mass is 9.75. The summed E-state index contributed by atoms with van der Waals surface area (Å²) < 4.78 is 41.1. The highest BCUT2D eigenvalue weighted by Gasteiger charge is 2.69. The van der Waals surface area contributed by atoms with Gasteiger partial charge in [-0.25, -0.2) is 0 Å². The molecule has 1 aliphatic heterocycles. The van der Waals surface area contributed by atoms with Crippen LogP contribution in [0, 0.1) is 11.8 Å². The molecule has 1 saturated carbocycles. The lowest BCUT2D eigenvalue weighted by Crippen LogP contribution is -2.61. The van der Waals surface area contributed by atoms with E-state index in [1.165, 1.54) is 24.3 Å². The largest absolute Gasteiger partial charge is 0.439 e. The first-order chi connectivity index (χ1) is 11.2. The summed E-state index contributed by atoms with van der Waals surface area (Å²) in [4.78, 5) is 12.6. The van der Waals surface area contributed by atoms with Gasteiger partial charge in [-0.15, -0.1) is 0 Å². The van der Waals surface area contributed by atoms with Crippen molar-refractivity contribution in [2.24, 2.45) is 16.9 Å². The Balaban J connectivity index is 2.08. The molecule has 1 aromatic rings. The van der Waals surface area contributed by atoms with Gasteiger partial charge in [-0.1, -0.05) is 31.0 Å². The number of hydrogen-bond acceptors (Lipinski definition) is 3. The van der Waals surface area contributed by atoms with Crippen molar-refractivity contribution >= 4 is 23.2 Å². The molecule has 24 heavy (non-hydrogen) atoms. The highest BCUT2D eigenvalue weighted by molar-refractivity contribution is 6.31. The lowest BCUT2D eigenvalue weighted by Gasteiger charge is -2.39. The Kier molecular flexibility index (Phi) is 4.12. The van der Waals surface area contributed by atoms with Gasteiger partial charge in [-0.05, 0) is 37.0 Å². The first kappa shape index (κ1) is 17.2. The SMILES string of the molecule is C[C@@H]1CCC[C@H]2C1=NN(C(=O)c1cccc(Cl)c1)[C@@]2(O)C(F)(F)F. The predicted octanol–water partition coefficient (Wildman–Crippen LogP) is 3.84. The van der Waals surface area contributed by atoms with Gasteiger partial charge in [0.25, 0.3) is 11.6 Å². The van der Waals surface area contributed by atoms with Crippen LogP contribution in [0.1, 0.15) is 36.5 Å². The number of amides is 1. The zero-order valence-electron chi connectivity index (χ0n) is 12.8. The van der Waals surface area contributed by atoms with Crippen molar-refractivity contribution in [2.75, 3.05) is 0 Å². The Morgan fingerprint density at radius 3 is 2.75 bits per heavy atom. The minimum Gasteiger partial charge on any atom is -0.362 e. The van der Waals surface area contributed by atoms with Gasteiger partial charge in [0.05, 0.1) is 5.92 Å². The van der Waals surface area contributed by atoms with Crippen molar-refractivity contribution in [1.82, 2.24) is 5.01 Å². The fourth-order valence-corrected chi connectivity index (χ4v) is 3.63. The van der Waals surface area contributed by atoms with Crippen LogP contribution in [-0.2, 0) is 0 Å². The maximum atomic E-state index is 13.7. The summed E-state index contributed by atoms with van der Waals surface area (Å²) >= 11 is 5.81. The van der Waals surface area contributed by atoms with Crippen LogP contribution in [0.15, 0.2) is 29.4 Å².